The maximum Gasteiger partial charge on any atom is 0.274 e. The Kier molecular flexibility index (Phi) is 5.55. The smallest absolute Gasteiger partial charge is 0.274 e. The third-order valence-electron chi connectivity index (χ3n) is 6.04. The number of anilines is 1. The molecule has 1 aliphatic carbocycles. The summed E-state index contributed by atoms with van der Waals surface area (Å²) in [5.41, 5.74) is 12.1. The van der Waals surface area contributed by atoms with E-state index in [9.17, 15) is 4.79 Å². The van der Waals surface area contributed by atoms with Crippen molar-refractivity contribution in [1.29, 1.82) is 10.9 Å². The summed E-state index contributed by atoms with van der Waals surface area (Å²) in [6.45, 7) is 0.893. The van der Waals surface area contributed by atoms with Gasteiger partial charge in [0, 0.05) is 37.3 Å². The molecular formula is C23H23N9O. The normalized spacial score (nSPS) is 15.0. The van der Waals surface area contributed by atoms with E-state index in [2.05, 4.69) is 49.9 Å². The first-order valence-corrected chi connectivity index (χ1v) is 10.8. The van der Waals surface area contributed by atoms with Crippen LogP contribution in [0.25, 0.3) is 0 Å². The number of carbonyl (C=O) groups is 1. The van der Waals surface area contributed by atoms with E-state index in [4.69, 9.17) is 15.9 Å². The fourth-order valence-corrected chi connectivity index (χ4v) is 4.33. The fourth-order valence-electron chi connectivity index (χ4n) is 4.33. The van der Waals surface area contributed by atoms with Crippen LogP contribution in [0.5, 0.6) is 0 Å². The summed E-state index contributed by atoms with van der Waals surface area (Å²) in [6.07, 6.45) is 4.38. The van der Waals surface area contributed by atoms with Crippen molar-refractivity contribution in [3.05, 3.63) is 76.4 Å². The molecule has 33 heavy (non-hydrogen) atoms. The van der Waals surface area contributed by atoms with Gasteiger partial charge in [-0.25, -0.2) is 15.5 Å². The van der Waals surface area contributed by atoms with Crippen LogP contribution in [0.4, 0.5) is 5.95 Å². The van der Waals surface area contributed by atoms with Crippen LogP contribution in [0.15, 0.2) is 47.7 Å². The SMILES string of the molecule is N=NCC(=N)c1ccc(C(=O)N2CCc3nc(NC4Cc5ccccc5C4)ncc3C2)nn1. The van der Waals surface area contributed by atoms with Gasteiger partial charge in [0.1, 0.15) is 12.2 Å². The number of aromatic nitrogens is 4. The van der Waals surface area contributed by atoms with Crippen molar-refractivity contribution < 1.29 is 4.79 Å². The average molecular weight is 441 g/mol. The van der Waals surface area contributed by atoms with Crippen LogP contribution >= 0.6 is 0 Å². The Morgan fingerprint density at radius 2 is 1.82 bits per heavy atom. The monoisotopic (exact) mass is 441 g/mol. The number of amides is 1. The predicted molar refractivity (Wildman–Crippen MR) is 121 cm³/mol. The summed E-state index contributed by atoms with van der Waals surface area (Å²) in [5.74, 6) is 0.414. The Labute approximate surface area is 190 Å². The third kappa shape index (κ3) is 4.32. The molecule has 0 fully saturated rings. The molecule has 2 aliphatic rings. The van der Waals surface area contributed by atoms with Gasteiger partial charge in [-0.3, -0.25) is 4.79 Å². The topological polar surface area (TPSA) is 144 Å². The standard InChI is InChI=1S/C23H23N9O/c24-18(12-27-25)20-5-6-21(31-30-20)22(33)32-8-7-19-16(13-32)11-26-23(29-19)28-17-9-14-3-1-2-4-15(14)10-17/h1-6,11,17,24-25H,7-10,12-13H2,(H,26,28,29). The lowest BCUT2D eigenvalue weighted by molar-refractivity contribution is 0.0726. The second-order valence-corrected chi connectivity index (χ2v) is 8.26. The quantitative estimate of drug-likeness (QED) is 0.396. The highest BCUT2D eigenvalue weighted by atomic mass is 16.2. The molecule has 0 atom stereocenters. The largest absolute Gasteiger partial charge is 0.351 e. The van der Waals surface area contributed by atoms with E-state index in [1.807, 2.05) is 0 Å². The lowest BCUT2D eigenvalue weighted by Gasteiger charge is -2.28. The highest BCUT2D eigenvalue weighted by Crippen LogP contribution is 2.25. The fraction of sp³-hybridized carbons (Fsp3) is 0.304. The Balaban J connectivity index is 1.23. The van der Waals surface area contributed by atoms with E-state index in [0.717, 1.165) is 24.1 Å². The molecular weight excluding hydrogens is 418 g/mol. The van der Waals surface area contributed by atoms with Gasteiger partial charge in [0.15, 0.2) is 5.69 Å². The summed E-state index contributed by atoms with van der Waals surface area (Å²) < 4.78 is 0. The van der Waals surface area contributed by atoms with E-state index in [0.29, 0.717) is 37.2 Å². The summed E-state index contributed by atoms with van der Waals surface area (Å²) in [7, 11) is 0. The van der Waals surface area contributed by atoms with Gasteiger partial charge in [-0.15, -0.1) is 10.2 Å². The van der Waals surface area contributed by atoms with Crippen LogP contribution in [0.1, 0.15) is 38.6 Å². The molecule has 3 aromatic rings. The first-order chi connectivity index (χ1) is 16.1. The van der Waals surface area contributed by atoms with Crippen molar-refractivity contribution >= 4 is 17.6 Å². The molecule has 1 amide bonds. The van der Waals surface area contributed by atoms with Crippen LogP contribution in [0.3, 0.4) is 0 Å². The second-order valence-electron chi connectivity index (χ2n) is 8.26. The zero-order valence-electron chi connectivity index (χ0n) is 18.0. The van der Waals surface area contributed by atoms with Crippen molar-refractivity contribution in [3.63, 3.8) is 0 Å². The van der Waals surface area contributed by atoms with Gasteiger partial charge in [0.2, 0.25) is 5.95 Å². The minimum Gasteiger partial charge on any atom is -0.351 e. The van der Waals surface area contributed by atoms with Crippen LogP contribution in [-0.2, 0) is 25.8 Å². The Morgan fingerprint density at radius 3 is 2.52 bits per heavy atom. The van der Waals surface area contributed by atoms with Gasteiger partial charge in [-0.05, 0) is 36.1 Å². The molecule has 10 heteroatoms. The number of fused-ring (bicyclic) bond motifs is 2. The number of hydrogen-bond acceptors (Lipinski definition) is 9. The van der Waals surface area contributed by atoms with Crippen molar-refractivity contribution in [2.75, 3.05) is 18.4 Å². The molecule has 3 heterocycles. The minimum atomic E-state index is -0.220. The number of nitrogens with zero attached hydrogens (tertiary/aromatic N) is 6. The second kappa shape index (κ2) is 8.81. The first-order valence-electron chi connectivity index (χ1n) is 10.8. The predicted octanol–water partition coefficient (Wildman–Crippen LogP) is 2.44. The number of hydrogen-bond donors (Lipinski definition) is 3. The Morgan fingerprint density at radius 1 is 1.09 bits per heavy atom. The van der Waals surface area contributed by atoms with Crippen LogP contribution in [-0.4, -0.2) is 55.8 Å². The zero-order valence-corrected chi connectivity index (χ0v) is 18.0. The molecule has 0 radical (unpaired) electrons. The summed E-state index contributed by atoms with van der Waals surface area (Å²) in [6, 6.07) is 11.9. The van der Waals surface area contributed by atoms with E-state index < -0.39 is 0 Å². The Bertz CT molecular complexity index is 1200. The first kappa shape index (κ1) is 20.8. The molecule has 5 rings (SSSR count). The van der Waals surface area contributed by atoms with E-state index in [1.165, 1.54) is 11.1 Å². The molecule has 0 bridgehead atoms. The number of carbonyl (C=O) groups excluding carboxylic acids is 1. The van der Waals surface area contributed by atoms with Crippen molar-refractivity contribution in [2.24, 2.45) is 5.11 Å². The molecule has 1 aliphatic heterocycles. The van der Waals surface area contributed by atoms with Gasteiger partial charge >= 0.3 is 0 Å². The van der Waals surface area contributed by atoms with E-state index in [1.54, 1.807) is 23.2 Å². The van der Waals surface area contributed by atoms with Crippen molar-refractivity contribution in [1.82, 2.24) is 25.1 Å². The third-order valence-corrected chi connectivity index (χ3v) is 6.04. The Hall–Kier alpha value is -4.08. The van der Waals surface area contributed by atoms with Crippen molar-refractivity contribution in [2.45, 2.75) is 31.8 Å². The van der Waals surface area contributed by atoms with Crippen LogP contribution in [0, 0.1) is 10.9 Å². The minimum absolute atomic E-state index is 0.0601. The van der Waals surface area contributed by atoms with Crippen LogP contribution in [0.2, 0.25) is 0 Å². The maximum absolute atomic E-state index is 12.9. The van der Waals surface area contributed by atoms with Gasteiger partial charge in [0.05, 0.1) is 11.4 Å². The highest BCUT2D eigenvalue weighted by molar-refractivity contribution is 5.98. The summed E-state index contributed by atoms with van der Waals surface area (Å²) >= 11 is 0. The summed E-state index contributed by atoms with van der Waals surface area (Å²) in [4.78, 5) is 23.8. The average Bonchev–Trinajstić information content (AvgIpc) is 3.26. The zero-order chi connectivity index (χ0) is 22.8. The number of nitrogens with one attached hydrogen (secondary N) is 3. The molecule has 0 unspecified atom stereocenters. The van der Waals surface area contributed by atoms with Gasteiger partial charge in [-0.1, -0.05) is 24.3 Å². The molecule has 10 nitrogen and oxygen atoms in total. The maximum atomic E-state index is 12.9. The van der Waals surface area contributed by atoms with Gasteiger partial charge in [-0.2, -0.15) is 5.11 Å². The molecule has 1 aromatic carbocycles. The lowest BCUT2D eigenvalue weighted by atomic mass is 10.1. The van der Waals surface area contributed by atoms with E-state index >= 15 is 0 Å². The van der Waals surface area contributed by atoms with Gasteiger partial charge < -0.3 is 15.6 Å². The van der Waals surface area contributed by atoms with Gasteiger partial charge in [0.25, 0.3) is 5.91 Å². The molecule has 0 saturated carbocycles. The summed E-state index contributed by atoms with van der Waals surface area (Å²) in [5, 5.41) is 22.3. The number of rotatable bonds is 6. The van der Waals surface area contributed by atoms with E-state index in [-0.39, 0.29) is 23.9 Å². The lowest BCUT2D eigenvalue weighted by Crippen LogP contribution is -2.37. The molecule has 0 saturated heterocycles. The number of benzene rings is 1. The highest BCUT2D eigenvalue weighted by Gasteiger charge is 2.26. The van der Waals surface area contributed by atoms with Crippen molar-refractivity contribution in [3.8, 4) is 0 Å². The molecule has 0 spiro atoms. The molecule has 3 N–H and O–H groups in total. The molecule has 2 aromatic heterocycles. The molecule has 166 valence electrons. The van der Waals surface area contributed by atoms with Crippen LogP contribution < -0.4 is 5.32 Å².